The molecule has 2 aliphatic heterocycles. The van der Waals surface area contributed by atoms with E-state index in [-0.39, 0.29) is 17.1 Å². The zero-order chi connectivity index (χ0) is 25.0. The van der Waals surface area contributed by atoms with Crippen molar-refractivity contribution in [2.45, 2.75) is 13.0 Å². The number of carbonyl (C=O) groups excluding carboxylic acids is 2. The van der Waals surface area contributed by atoms with Crippen LogP contribution in [0, 0.1) is 6.92 Å². The first-order valence-corrected chi connectivity index (χ1v) is 12.1. The number of carbonyl (C=O) groups is 2. The highest BCUT2D eigenvalue weighted by Crippen LogP contribution is 2.45. The number of aromatic hydroxyl groups is 1. The van der Waals surface area contributed by atoms with Crippen LogP contribution in [0.25, 0.3) is 16.0 Å². The van der Waals surface area contributed by atoms with Crippen molar-refractivity contribution >= 4 is 44.1 Å². The summed E-state index contributed by atoms with van der Waals surface area (Å²) in [5.41, 5.74) is 2.41. The number of fused-ring (bicyclic) bond motifs is 2. The van der Waals surface area contributed by atoms with E-state index in [0.29, 0.717) is 46.5 Å². The van der Waals surface area contributed by atoms with Crippen LogP contribution in [0.2, 0.25) is 0 Å². The number of amides is 1. The molecule has 1 saturated heterocycles. The molecule has 0 saturated carbocycles. The SMILES string of the molecule is Cc1ccc2nc(N3C(=O)C(=O)/C(=C(/O)c4ccc5c(c4)OCCO5)C3c3cccc(O)c3)sc2c1. The third-order valence-corrected chi connectivity index (χ3v) is 7.20. The molecule has 1 aromatic heterocycles. The van der Waals surface area contributed by atoms with E-state index in [1.807, 2.05) is 25.1 Å². The Labute approximate surface area is 209 Å². The number of aryl methyl sites for hydroxylation is 1. The van der Waals surface area contributed by atoms with Crippen LogP contribution >= 0.6 is 11.3 Å². The van der Waals surface area contributed by atoms with Gasteiger partial charge in [0.2, 0.25) is 0 Å². The number of Topliss-reactive ketones (excluding diaryl/α,β-unsaturated/α-hetero) is 1. The molecule has 4 aromatic rings. The van der Waals surface area contributed by atoms with Gasteiger partial charge in [0, 0.05) is 5.56 Å². The molecule has 3 aromatic carbocycles. The third kappa shape index (κ3) is 3.56. The van der Waals surface area contributed by atoms with Gasteiger partial charge in [-0.3, -0.25) is 14.5 Å². The molecule has 9 heteroatoms. The number of hydrogen-bond donors (Lipinski definition) is 2. The smallest absolute Gasteiger partial charge is 0.301 e. The lowest BCUT2D eigenvalue weighted by Crippen LogP contribution is -2.29. The van der Waals surface area contributed by atoms with E-state index in [1.165, 1.54) is 28.4 Å². The predicted octanol–water partition coefficient (Wildman–Crippen LogP) is 4.71. The standard InChI is InChI=1S/C27H20N2O6S/c1-14-5-7-18-21(11-14)36-27(28-18)29-23(15-3-2-4-17(30)12-15)22(25(32)26(29)33)24(31)16-6-8-19-20(13-16)35-10-9-34-19/h2-8,11-13,23,30-31H,9-10H2,1H3/b24-22+. The van der Waals surface area contributed by atoms with E-state index in [9.17, 15) is 19.8 Å². The van der Waals surface area contributed by atoms with Gasteiger partial charge in [-0.15, -0.1) is 0 Å². The van der Waals surface area contributed by atoms with Gasteiger partial charge in [0.1, 0.15) is 24.7 Å². The molecule has 0 aliphatic carbocycles. The van der Waals surface area contributed by atoms with Gasteiger partial charge in [0.05, 0.1) is 21.8 Å². The van der Waals surface area contributed by atoms with Gasteiger partial charge in [-0.2, -0.15) is 0 Å². The van der Waals surface area contributed by atoms with E-state index in [2.05, 4.69) is 4.98 Å². The zero-order valence-corrected chi connectivity index (χ0v) is 19.9. The number of aliphatic hydroxyl groups is 1. The van der Waals surface area contributed by atoms with E-state index in [0.717, 1.165) is 10.3 Å². The number of phenols is 1. The molecule has 1 fully saturated rings. The Balaban J connectivity index is 1.54. The Morgan fingerprint density at radius 2 is 1.83 bits per heavy atom. The summed E-state index contributed by atoms with van der Waals surface area (Å²) >= 11 is 1.28. The van der Waals surface area contributed by atoms with E-state index < -0.39 is 17.7 Å². The predicted molar refractivity (Wildman–Crippen MR) is 135 cm³/mol. The summed E-state index contributed by atoms with van der Waals surface area (Å²) in [5, 5.41) is 21.9. The molecule has 2 N–H and O–H groups in total. The van der Waals surface area contributed by atoms with Gasteiger partial charge < -0.3 is 19.7 Å². The summed E-state index contributed by atoms with van der Waals surface area (Å²) in [5.74, 6) is -1.05. The van der Waals surface area contributed by atoms with Gasteiger partial charge in [-0.05, 0) is 60.5 Å². The van der Waals surface area contributed by atoms with E-state index in [1.54, 1.807) is 30.3 Å². The maximum absolute atomic E-state index is 13.4. The van der Waals surface area contributed by atoms with Crippen LogP contribution in [0.15, 0.2) is 66.2 Å². The number of anilines is 1. The maximum atomic E-state index is 13.4. The molecule has 180 valence electrons. The number of rotatable bonds is 3. The van der Waals surface area contributed by atoms with Crippen molar-refractivity contribution < 1.29 is 29.3 Å². The lowest BCUT2D eigenvalue weighted by atomic mass is 9.95. The molecule has 0 spiro atoms. The Morgan fingerprint density at radius 1 is 1.03 bits per heavy atom. The van der Waals surface area contributed by atoms with Crippen molar-refractivity contribution in [1.29, 1.82) is 0 Å². The van der Waals surface area contributed by atoms with Gasteiger partial charge in [-0.1, -0.05) is 29.5 Å². The van der Waals surface area contributed by atoms with Crippen molar-refractivity contribution in [3.8, 4) is 17.2 Å². The minimum Gasteiger partial charge on any atom is -0.508 e. The van der Waals surface area contributed by atoms with Crippen LogP contribution in [0.1, 0.15) is 22.7 Å². The van der Waals surface area contributed by atoms with Crippen LogP contribution in [0.3, 0.4) is 0 Å². The fraction of sp³-hybridized carbons (Fsp3) is 0.148. The highest BCUT2D eigenvalue weighted by atomic mass is 32.1. The summed E-state index contributed by atoms with van der Waals surface area (Å²) in [4.78, 5) is 32.7. The highest BCUT2D eigenvalue weighted by molar-refractivity contribution is 7.22. The molecule has 2 aliphatic rings. The van der Waals surface area contributed by atoms with Crippen molar-refractivity contribution in [2.24, 2.45) is 0 Å². The van der Waals surface area contributed by atoms with Crippen LogP contribution < -0.4 is 14.4 Å². The largest absolute Gasteiger partial charge is 0.508 e. The number of ether oxygens (including phenoxy) is 2. The number of phenolic OH excluding ortho intramolecular Hbond substituents is 1. The fourth-order valence-corrected chi connectivity index (χ4v) is 5.60. The molecular weight excluding hydrogens is 480 g/mol. The minimum absolute atomic E-state index is 0.0302. The topological polar surface area (TPSA) is 109 Å². The number of nitrogens with zero attached hydrogens (tertiary/aromatic N) is 2. The highest BCUT2D eigenvalue weighted by Gasteiger charge is 2.48. The first-order chi connectivity index (χ1) is 17.4. The molecule has 0 bridgehead atoms. The lowest BCUT2D eigenvalue weighted by Gasteiger charge is -2.23. The van der Waals surface area contributed by atoms with Crippen molar-refractivity contribution in [2.75, 3.05) is 18.1 Å². The van der Waals surface area contributed by atoms with Gasteiger partial charge in [-0.25, -0.2) is 4.98 Å². The number of hydrogen-bond acceptors (Lipinski definition) is 8. The summed E-state index contributed by atoms with van der Waals surface area (Å²) < 4.78 is 12.0. The van der Waals surface area contributed by atoms with Gasteiger partial charge >= 0.3 is 5.91 Å². The maximum Gasteiger partial charge on any atom is 0.301 e. The average molecular weight is 501 g/mol. The molecule has 6 rings (SSSR count). The van der Waals surface area contributed by atoms with Crippen molar-refractivity contribution in [3.63, 3.8) is 0 Å². The second-order valence-electron chi connectivity index (χ2n) is 8.59. The normalized spacial score (nSPS) is 18.7. The van der Waals surface area contributed by atoms with Crippen LogP contribution in [0.5, 0.6) is 17.2 Å². The molecule has 1 unspecified atom stereocenters. The fourth-order valence-electron chi connectivity index (χ4n) is 4.51. The van der Waals surface area contributed by atoms with E-state index in [4.69, 9.17) is 9.47 Å². The quantitative estimate of drug-likeness (QED) is 0.238. The monoisotopic (exact) mass is 500 g/mol. The number of benzene rings is 3. The molecule has 0 radical (unpaired) electrons. The molecule has 1 atom stereocenters. The second kappa shape index (κ2) is 8.39. The van der Waals surface area contributed by atoms with Crippen LogP contribution in [0.4, 0.5) is 5.13 Å². The van der Waals surface area contributed by atoms with Crippen LogP contribution in [-0.2, 0) is 9.59 Å². The zero-order valence-electron chi connectivity index (χ0n) is 19.1. The molecule has 1 amide bonds. The first-order valence-electron chi connectivity index (χ1n) is 11.3. The Morgan fingerprint density at radius 3 is 2.64 bits per heavy atom. The third-order valence-electron chi connectivity index (χ3n) is 6.18. The minimum atomic E-state index is -0.994. The Kier molecular flexibility index (Phi) is 5.15. The molecule has 36 heavy (non-hydrogen) atoms. The lowest BCUT2D eigenvalue weighted by molar-refractivity contribution is -0.132. The Hall–Kier alpha value is -4.37. The summed E-state index contributed by atoms with van der Waals surface area (Å²) in [6, 6.07) is 15.9. The van der Waals surface area contributed by atoms with Crippen molar-refractivity contribution in [3.05, 3.63) is 82.9 Å². The Bertz CT molecular complexity index is 1590. The first kappa shape index (κ1) is 22.1. The number of ketones is 1. The van der Waals surface area contributed by atoms with Gasteiger partial charge in [0.25, 0.3) is 5.78 Å². The number of aromatic nitrogens is 1. The average Bonchev–Trinajstić information content (AvgIpc) is 3.41. The number of aliphatic hydroxyl groups excluding tert-OH is 1. The van der Waals surface area contributed by atoms with Crippen LogP contribution in [-0.4, -0.2) is 40.1 Å². The van der Waals surface area contributed by atoms with Gasteiger partial charge in [0.15, 0.2) is 16.6 Å². The second-order valence-corrected chi connectivity index (χ2v) is 9.60. The van der Waals surface area contributed by atoms with E-state index >= 15 is 0 Å². The summed E-state index contributed by atoms with van der Waals surface area (Å²) in [6.45, 7) is 2.75. The molecular formula is C27H20N2O6S. The molecule has 8 nitrogen and oxygen atoms in total. The molecule has 3 heterocycles. The summed E-state index contributed by atoms with van der Waals surface area (Å²) in [6.07, 6.45) is 0. The van der Waals surface area contributed by atoms with Crippen molar-refractivity contribution in [1.82, 2.24) is 4.98 Å². The number of thiazole rings is 1. The summed E-state index contributed by atoms with van der Waals surface area (Å²) in [7, 11) is 0.